The van der Waals surface area contributed by atoms with Crippen LogP contribution in [-0.2, 0) is 0 Å². The predicted molar refractivity (Wildman–Crippen MR) is 61.7 cm³/mol. The molecule has 15 heavy (non-hydrogen) atoms. The number of hydrogen-bond donors (Lipinski definition) is 0. The summed E-state index contributed by atoms with van der Waals surface area (Å²) in [5.41, 5.74) is 1.56. The van der Waals surface area contributed by atoms with E-state index in [0.29, 0.717) is 15.4 Å². The van der Waals surface area contributed by atoms with E-state index in [1.54, 1.807) is 0 Å². The van der Waals surface area contributed by atoms with Crippen LogP contribution in [0.5, 0.6) is 0 Å². The Morgan fingerprint density at radius 1 is 1.40 bits per heavy atom. The zero-order chi connectivity index (χ0) is 11.2. The van der Waals surface area contributed by atoms with Crippen molar-refractivity contribution in [3.8, 4) is 0 Å². The number of fused-ring (bicyclic) bond motifs is 1. The van der Waals surface area contributed by atoms with Gasteiger partial charge < -0.3 is 0 Å². The predicted octanol–water partition coefficient (Wildman–Crippen LogP) is 3.80. The van der Waals surface area contributed by atoms with Crippen LogP contribution in [0.1, 0.15) is 11.3 Å². The summed E-state index contributed by atoms with van der Waals surface area (Å²) in [6.07, 6.45) is 1.52. The Morgan fingerprint density at radius 3 is 2.73 bits per heavy atom. The van der Waals surface area contributed by atoms with Crippen molar-refractivity contribution >= 4 is 38.3 Å². The van der Waals surface area contributed by atoms with Crippen LogP contribution in [-0.4, -0.2) is 9.97 Å². The molecule has 0 amide bonds. The number of pyridine rings is 2. The summed E-state index contributed by atoms with van der Waals surface area (Å²) in [5, 5.41) is 1.01. The summed E-state index contributed by atoms with van der Waals surface area (Å²) in [5.74, 6) is -0.488. The van der Waals surface area contributed by atoms with Crippen molar-refractivity contribution in [3.63, 3.8) is 0 Å². The molecule has 2 rings (SSSR count). The van der Waals surface area contributed by atoms with Gasteiger partial charge in [0.2, 0.25) is 0 Å². The van der Waals surface area contributed by atoms with E-state index >= 15 is 0 Å². The quantitative estimate of drug-likeness (QED) is 0.689. The highest BCUT2D eigenvalue weighted by Gasteiger charge is 2.14. The molecule has 0 saturated carbocycles. The highest BCUT2D eigenvalue weighted by Crippen LogP contribution is 2.30. The van der Waals surface area contributed by atoms with Gasteiger partial charge in [-0.1, -0.05) is 11.6 Å². The van der Waals surface area contributed by atoms with Crippen molar-refractivity contribution < 1.29 is 4.39 Å². The monoisotopic (exact) mass is 288 g/mol. The Morgan fingerprint density at radius 2 is 2.07 bits per heavy atom. The van der Waals surface area contributed by atoms with Gasteiger partial charge in [0.05, 0.1) is 0 Å². The van der Waals surface area contributed by atoms with Crippen LogP contribution in [0, 0.1) is 19.7 Å². The molecule has 0 spiro atoms. The molecule has 0 radical (unpaired) electrons. The standard InChI is InChI=1S/C10H7BrClFN2/c1-4-5(2)15-9(11)6-3-14-10(12)8(13)7(4)6/h3H,1-2H3. The van der Waals surface area contributed by atoms with Crippen LogP contribution >= 0.6 is 27.5 Å². The van der Waals surface area contributed by atoms with Gasteiger partial charge in [-0.15, -0.1) is 0 Å². The van der Waals surface area contributed by atoms with E-state index in [2.05, 4.69) is 25.9 Å². The first kappa shape index (κ1) is 10.8. The Bertz CT molecular complexity index is 549. The minimum absolute atomic E-state index is 0.108. The van der Waals surface area contributed by atoms with Crippen molar-refractivity contribution in [1.82, 2.24) is 9.97 Å². The molecule has 0 unspecified atom stereocenters. The average molecular weight is 290 g/mol. The fourth-order valence-electron chi connectivity index (χ4n) is 1.46. The summed E-state index contributed by atoms with van der Waals surface area (Å²) >= 11 is 8.92. The summed E-state index contributed by atoms with van der Waals surface area (Å²) in [6, 6.07) is 0. The van der Waals surface area contributed by atoms with Crippen molar-refractivity contribution in [1.29, 1.82) is 0 Å². The summed E-state index contributed by atoms with van der Waals surface area (Å²) in [6.45, 7) is 3.64. The lowest BCUT2D eigenvalue weighted by Crippen LogP contribution is -1.95. The first-order valence-corrected chi connectivity index (χ1v) is 5.46. The first-order valence-electron chi connectivity index (χ1n) is 4.28. The first-order chi connectivity index (χ1) is 7.02. The van der Waals surface area contributed by atoms with E-state index in [0.717, 1.165) is 11.3 Å². The Kier molecular flexibility index (Phi) is 2.64. The third kappa shape index (κ3) is 1.62. The van der Waals surface area contributed by atoms with Crippen LogP contribution in [0.2, 0.25) is 5.15 Å². The molecule has 0 saturated heterocycles. The van der Waals surface area contributed by atoms with Crippen molar-refractivity contribution in [3.05, 3.63) is 33.0 Å². The van der Waals surface area contributed by atoms with Crippen LogP contribution in [0.3, 0.4) is 0 Å². The number of nitrogens with zero attached hydrogens (tertiary/aromatic N) is 2. The molecule has 2 aromatic heterocycles. The molecule has 0 aliphatic carbocycles. The van der Waals surface area contributed by atoms with Gasteiger partial charge in [0, 0.05) is 22.7 Å². The van der Waals surface area contributed by atoms with Gasteiger partial charge in [0.25, 0.3) is 0 Å². The molecule has 0 aliphatic rings. The molecule has 2 nitrogen and oxygen atoms in total. The van der Waals surface area contributed by atoms with Crippen molar-refractivity contribution in [2.24, 2.45) is 0 Å². The molecular formula is C10H7BrClFN2. The van der Waals surface area contributed by atoms with Crippen LogP contribution in [0.15, 0.2) is 10.8 Å². The van der Waals surface area contributed by atoms with Gasteiger partial charge in [-0.3, -0.25) is 0 Å². The second-order valence-corrected chi connectivity index (χ2v) is 4.37. The smallest absolute Gasteiger partial charge is 0.168 e. The zero-order valence-corrected chi connectivity index (χ0v) is 10.4. The molecule has 2 aromatic rings. The molecule has 0 N–H and O–H groups in total. The number of aromatic nitrogens is 2. The van der Waals surface area contributed by atoms with Gasteiger partial charge in [0.15, 0.2) is 11.0 Å². The van der Waals surface area contributed by atoms with Crippen LogP contribution in [0.25, 0.3) is 10.8 Å². The topological polar surface area (TPSA) is 25.8 Å². The van der Waals surface area contributed by atoms with Crippen LogP contribution < -0.4 is 0 Å². The average Bonchev–Trinajstić information content (AvgIpc) is 2.19. The lowest BCUT2D eigenvalue weighted by atomic mass is 10.1. The second-order valence-electron chi connectivity index (χ2n) is 3.26. The summed E-state index contributed by atoms with van der Waals surface area (Å²) < 4.78 is 14.4. The number of halogens is 3. The molecule has 2 heterocycles. The molecular weight excluding hydrogens is 282 g/mol. The molecule has 0 fully saturated rings. The molecule has 0 atom stereocenters. The van der Waals surface area contributed by atoms with Gasteiger partial charge in [-0.05, 0) is 35.3 Å². The Balaban J connectivity index is 3.04. The zero-order valence-electron chi connectivity index (χ0n) is 8.11. The maximum atomic E-state index is 13.8. The number of aryl methyl sites for hydroxylation is 2. The van der Waals surface area contributed by atoms with Gasteiger partial charge >= 0.3 is 0 Å². The molecule has 5 heteroatoms. The van der Waals surface area contributed by atoms with Crippen molar-refractivity contribution in [2.75, 3.05) is 0 Å². The normalized spacial score (nSPS) is 11.0. The summed E-state index contributed by atoms with van der Waals surface area (Å²) in [7, 11) is 0. The number of rotatable bonds is 0. The number of hydrogen-bond acceptors (Lipinski definition) is 2. The maximum absolute atomic E-state index is 13.8. The van der Waals surface area contributed by atoms with E-state index in [4.69, 9.17) is 11.6 Å². The molecule has 0 aromatic carbocycles. The third-order valence-electron chi connectivity index (χ3n) is 2.38. The largest absolute Gasteiger partial charge is 0.245 e. The van der Waals surface area contributed by atoms with E-state index < -0.39 is 5.82 Å². The Labute approximate surface area is 99.6 Å². The fraction of sp³-hybridized carbons (Fsp3) is 0.200. The van der Waals surface area contributed by atoms with E-state index in [-0.39, 0.29) is 5.15 Å². The Hall–Kier alpha value is -0.740. The molecule has 0 aliphatic heterocycles. The SMILES string of the molecule is Cc1nc(Br)c2cnc(Cl)c(F)c2c1C. The van der Waals surface area contributed by atoms with E-state index in [1.807, 2.05) is 13.8 Å². The highest BCUT2D eigenvalue weighted by atomic mass is 79.9. The minimum Gasteiger partial charge on any atom is -0.245 e. The van der Waals surface area contributed by atoms with Crippen molar-refractivity contribution in [2.45, 2.75) is 13.8 Å². The van der Waals surface area contributed by atoms with Gasteiger partial charge in [0.1, 0.15) is 4.60 Å². The second kappa shape index (κ2) is 3.68. The van der Waals surface area contributed by atoms with Gasteiger partial charge in [-0.25, -0.2) is 14.4 Å². The lowest BCUT2D eigenvalue weighted by molar-refractivity contribution is 0.633. The minimum atomic E-state index is -0.488. The van der Waals surface area contributed by atoms with Crippen LogP contribution in [0.4, 0.5) is 4.39 Å². The lowest BCUT2D eigenvalue weighted by Gasteiger charge is -2.08. The van der Waals surface area contributed by atoms with Gasteiger partial charge in [-0.2, -0.15) is 0 Å². The maximum Gasteiger partial charge on any atom is 0.168 e. The molecule has 78 valence electrons. The van der Waals surface area contributed by atoms with E-state index in [1.165, 1.54) is 6.20 Å². The summed E-state index contributed by atoms with van der Waals surface area (Å²) in [4.78, 5) is 8.00. The molecule has 0 bridgehead atoms. The third-order valence-corrected chi connectivity index (χ3v) is 3.25. The highest BCUT2D eigenvalue weighted by molar-refractivity contribution is 9.10. The fourth-order valence-corrected chi connectivity index (χ4v) is 2.17. The van der Waals surface area contributed by atoms with E-state index in [9.17, 15) is 4.39 Å².